The molecular formula is C20H24N2O6. The van der Waals surface area contributed by atoms with Crippen LogP contribution in [0.3, 0.4) is 0 Å². The van der Waals surface area contributed by atoms with Gasteiger partial charge in [-0.1, -0.05) is 0 Å². The van der Waals surface area contributed by atoms with Crippen LogP contribution in [0.5, 0.6) is 5.75 Å². The van der Waals surface area contributed by atoms with Gasteiger partial charge in [0.2, 0.25) is 0 Å². The lowest BCUT2D eigenvalue weighted by atomic mass is 9.99. The molecule has 0 bridgehead atoms. The number of ketones is 1. The fraction of sp³-hybridized carbons (Fsp3) is 0.300. The predicted molar refractivity (Wildman–Crippen MR) is 103 cm³/mol. The molecule has 8 heteroatoms. The Kier molecular flexibility index (Phi) is 9.15. The lowest BCUT2D eigenvalue weighted by molar-refractivity contribution is -0.134. The molecule has 2 aromatic rings. The number of H-pyrrole nitrogens is 1. The second-order valence-electron chi connectivity index (χ2n) is 6.03. The number of benzene rings is 1. The van der Waals surface area contributed by atoms with Crippen molar-refractivity contribution in [3.8, 4) is 5.75 Å². The highest BCUT2D eigenvalue weighted by Gasteiger charge is 2.09. The topological polar surface area (TPSA) is 130 Å². The van der Waals surface area contributed by atoms with Crippen molar-refractivity contribution in [3.05, 3.63) is 59.2 Å². The Balaban J connectivity index is 0.000000416. The van der Waals surface area contributed by atoms with E-state index in [0.29, 0.717) is 18.8 Å². The van der Waals surface area contributed by atoms with Crippen LogP contribution in [0.25, 0.3) is 0 Å². The van der Waals surface area contributed by atoms with Crippen LogP contribution in [0.15, 0.2) is 36.8 Å². The molecule has 0 aliphatic rings. The molecule has 0 saturated carbocycles. The van der Waals surface area contributed by atoms with Gasteiger partial charge in [0, 0.05) is 29.6 Å². The summed E-state index contributed by atoms with van der Waals surface area (Å²) in [5.41, 5.74) is 3.87. The molecule has 1 heterocycles. The molecule has 0 fully saturated rings. The average Bonchev–Trinajstić information content (AvgIpc) is 3.10. The van der Waals surface area contributed by atoms with Gasteiger partial charge in [0.05, 0.1) is 12.9 Å². The van der Waals surface area contributed by atoms with E-state index in [-0.39, 0.29) is 5.78 Å². The van der Waals surface area contributed by atoms with Crippen molar-refractivity contribution < 1.29 is 29.3 Å². The number of carboxylic acid groups (broad SMARTS) is 2. The van der Waals surface area contributed by atoms with E-state index in [1.165, 1.54) is 0 Å². The zero-order valence-corrected chi connectivity index (χ0v) is 16.1. The zero-order chi connectivity index (χ0) is 21.1. The second-order valence-corrected chi connectivity index (χ2v) is 6.03. The number of carboxylic acids is 2. The molecule has 150 valence electrons. The normalized spacial score (nSPS) is 10.2. The summed E-state index contributed by atoms with van der Waals surface area (Å²) in [5, 5.41) is 15.6. The minimum Gasteiger partial charge on any atom is -0.494 e. The first-order valence-corrected chi connectivity index (χ1v) is 8.57. The van der Waals surface area contributed by atoms with E-state index in [2.05, 4.69) is 9.97 Å². The molecule has 3 N–H and O–H groups in total. The standard InChI is InChI=1S/C16H20N2O2.C4H4O4/c1-11-7-15(8-12(2)16(11)13(3)19)20-6-4-5-14-9-17-10-18-14;5-3(6)1-2-4(7)8/h7-10H,4-6H2,1-3H3,(H,17,18);1-2H,(H,5,6)(H,7,8)/b;2-1-. The number of rotatable bonds is 8. The third kappa shape index (κ3) is 8.31. The molecule has 1 aromatic heterocycles. The molecule has 0 saturated heterocycles. The van der Waals surface area contributed by atoms with Crippen LogP contribution in [-0.2, 0) is 16.0 Å². The summed E-state index contributed by atoms with van der Waals surface area (Å²) in [4.78, 5) is 37.7. The summed E-state index contributed by atoms with van der Waals surface area (Å²) < 4.78 is 5.76. The van der Waals surface area contributed by atoms with Crippen molar-refractivity contribution >= 4 is 17.7 Å². The Morgan fingerprint density at radius 3 is 2.11 bits per heavy atom. The van der Waals surface area contributed by atoms with E-state index < -0.39 is 11.9 Å². The molecule has 0 radical (unpaired) electrons. The van der Waals surface area contributed by atoms with Crippen LogP contribution in [-0.4, -0.2) is 44.5 Å². The number of aromatic amines is 1. The summed E-state index contributed by atoms with van der Waals surface area (Å²) in [6.07, 6.45) is 6.47. The summed E-state index contributed by atoms with van der Waals surface area (Å²) in [7, 11) is 0. The molecule has 1 aromatic carbocycles. The Morgan fingerprint density at radius 2 is 1.68 bits per heavy atom. The minimum atomic E-state index is -1.26. The number of hydrogen-bond acceptors (Lipinski definition) is 5. The van der Waals surface area contributed by atoms with Gasteiger partial charge in [-0.3, -0.25) is 4.79 Å². The van der Waals surface area contributed by atoms with Crippen LogP contribution >= 0.6 is 0 Å². The summed E-state index contributed by atoms with van der Waals surface area (Å²) >= 11 is 0. The smallest absolute Gasteiger partial charge is 0.328 e. The lowest BCUT2D eigenvalue weighted by Gasteiger charge is -2.11. The van der Waals surface area contributed by atoms with E-state index in [1.807, 2.05) is 32.2 Å². The highest BCUT2D eigenvalue weighted by molar-refractivity contribution is 5.97. The number of Topliss-reactive ketones (excluding diaryl/α,β-unsaturated/α-hetero) is 1. The Morgan fingerprint density at radius 1 is 1.11 bits per heavy atom. The van der Waals surface area contributed by atoms with Gasteiger partial charge in [-0.25, -0.2) is 14.6 Å². The third-order valence-electron chi connectivity index (χ3n) is 3.64. The number of hydrogen-bond donors (Lipinski definition) is 3. The maximum absolute atomic E-state index is 11.5. The molecule has 0 aliphatic carbocycles. The van der Waals surface area contributed by atoms with Crippen LogP contribution < -0.4 is 4.74 Å². The van der Waals surface area contributed by atoms with Crippen molar-refractivity contribution in [1.82, 2.24) is 9.97 Å². The number of imidazole rings is 1. The molecule has 2 rings (SSSR count). The maximum Gasteiger partial charge on any atom is 0.328 e. The number of carbonyl (C=O) groups is 3. The number of ether oxygens (including phenoxy) is 1. The van der Waals surface area contributed by atoms with Crippen molar-refractivity contribution in [2.75, 3.05) is 6.61 Å². The second kappa shape index (κ2) is 11.3. The number of aliphatic carboxylic acids is 2. The fourth-order valence-corrected chi connectivity index (χ4v) is 2.58. The Labute approximate surface area is 162 Å². The molecule has 0 aliphatic heterocycles. The van der Waals surface area contributed by atoms with E-state index in [4.69, 9.17) is 14.9 Å². The Hall–Kier alpha value is -3.42. The average molecular weight is 388 g/mol. The summed E-state index contributed by atoms with van der Waals surface area (Å²) in [6, 6.07) is 3.86. The first-order valence-electron chi connectivity index (χ1n) is 8.57. The van der Waals surface area contributed by atoms with Crippen molar-refractivity contribution in [3.63, 3.8) is 0 Å². The molecule has 0 unspecified atom stereocenters. The van der Waals surface area contributed by atoms with Crippen LogP contribution in [0, 0.1) is 13.8 Å². The van der Waals surface area contributed by atoms with Gasteiger partial charge >= 0.3 is 11.9 Å². The SMILES string of the molecule is CC(=O)c1c(C)cc(OCCCc2cnc[nH]2)cc1C.O=C(O)/C=C\C(=O)O. The predicted octanol–water partition coefficient (Wildman–Crippen LogP) is 2.95. The van der Waals surface area contributed by atoms with Crippen molar-refractivity contribution in [2.24, 2.45) is 0 Å². The van der Waals surface area contributed by atoms with Crippen molar-refractivity contribution in [1.29, 1.82) is 0 Å². The summed E-state index contributed by atoms with van der Waals surface area (Å²) in [5.74, 6) is -1.58. The molecule has 0 amide bonds. The van der Waals surface area contributed by atoms with Gasteiger partial charge in [0.15, 0.2) is 5.78 Å². The highest BCUT2D eigenvalue weighted by atomic mass is 16.5. The van der Waals surface area contributed by atoms with E-state index in [0.717, 1.165) is 41.0 Å². The van der Waals surface area contributed by atoms with Crippen molar-refractivity contribution in [2.45, 2.75) is 33.6 Å². The monoisotopic (exact) mass is 388 g/mol. The van der Waals surface area contributed by atoms with E-state index in [9.17, 15) is 14.4 Å². The van der Waals surface area contributed by atoms with E-state index in [1.54, 1.807) is 13.3 Å². The number of nitrogens with one attached hydrogen (secondary N) is 1. The van der Waals surface area contributed by atoms with Gasteiger partial charge in [-0.15, -0.1) is 0 Å². The van der Waals surface area contributed by atoms with Crippen LogP contribution in [0.2, 0.25) is 0 Å². The quantitative estimate of drug-likeness (QED) is 0.360. The van der Waals surface area contributed by atoms with Gasteiger partial charge < -0.3 is 19.9 Å². The molecule has 8 nitrogen and oxygen atoms in total. The fourth-order valence-electron chi connectivity index (χ4n) is 2.58. The lowest BCUT2D eigenvalue weighted by Crippen LogP contribution is -2.04. The number of nitrogens with zero attached hydrogens (tertiary/aromatic N) is 1. The molecule has 28 heavy (non-hydrogen) atoms. The summed E-state index contributed by atoms with van der Waals surface area (Å²) in [6.45, 7) is 6.14. The zero-order valence-electron chi connectivity index (χ0n) is 16.1. The van der Waals surface area contributed by atoms with Gasteiger partial charge in [-0.2, -0.15) is 0 Å². The minimum absolute atomic E-state index is 0.103. The van der Waals surface area contributed by atoms with E-state index >= 15 is 0 Å². The van der Waals surface area contributed by atoms with Crippen LogP contribution in [0.1, 0.15) is 40.5 Å². The number of aromatic nitrogens is 2. The van der Waals surface area contributed by atoms with Gasteiger partial charge in [0.1, 0.15) is 5.75 Å². The largest absolute Gasteiger partial charge is 0.494 e. The molecule has 0 spiro atoms. The highest BCUT2D eigenvalue weighted by Crippen LogP contribution is 2.22. The molecular weight excluding hydrogens is 364 g/mol. The first-order chi connectivity index (χ1) is 13.2. The Bertz CT molecular complexity index is 801. The number of carbonyl (C=O) groups excluding carboxylic acids is 1. The van der Waals surface area contributed by atoms with Gasteiger partial charge in [-0.05, 0) is 56.9 Å². The number of aryl methyl sites for hydroxylation is 3. The van der Waals surface area contributed by atoms with Crippen LogP contribution in [0.4, 0.5) is 0 Å². The molecule has 0 atom stereocenters. The first kappa shape index (κ1) is 22.6. The maximum atomic E-state index is 11.5. The third-order valence-corrected chi connectivity index (χ3v) is 3.64. The van der Waals surface area contributed by atoms with Gasteiger partial charge in [0.25, 0.3) is 0 Å².